The lowest BCUT2D eigenvalue weighted by atomic mass is 9.92. The standard InChI is InChI=1S/C18H27N.C2H6/c1-4-6-17-11-13-19(14-12-17)15(3)18-9-7-16(5-2)8-10-18;1-2/h7-10,17H,3-6,11-14H2,1-2H3;1-2H3. The maximum absolute atomic E-state index is 4.30. The number of benzene rings is 1. The Bertz CT molecular complexity index is 396. The Morgan fingerprint density at radius 3 is 2.14 bits per heavy atom. The molecule has 2 rings (SSSR count). The van der Waals surface area contributed by atoms with Crippen LogP contribution in [0.2, 0.25) is 0 Å². The van der Waals surface area contributed by atoms with Crippen molar-refractivity contribution in [2.45, 2.75) is 59.8 Å². The van der Waals surface area contributed by atoms with E-state index in [-0.39, 0.29) is 0 Å². The molecule has 1 heteroatoms. The third-order valence-electron chi connectivity index (χ3n) is 4.39. The Morgan fingerprint density at radius 2 is 1.67 bits per heavy atom. The van der Waals surface area contributed by atoms with Crippen LogP contribution in [0.3, 0.4) is 0 Å². The van der Waals surface area contributed by atoms with Gasteiger partial charge in [0, 0.05) is 18.8 Å². The van der Waals surface area contributed by atoms with Crippen molar-refractivity contribution < 1.29 is 0 Å². The number of aryl methyl sites for hydroxylation is 1. The first kappa shape index (κ1) is 17.8. The quantitative estimate of drug-likeness (QED) is 0.665. The number of piperidine rings is 1. The SMILES string of the molecule is C=C(c1ccc(CC)cc1)N1CCC(CCC)CC1.CC. The van der Waals surface area contributed by atoms with Gasteiger partial charge < -0.3 is 4.90 Å². The van der Waals surface area contributed by atoms with E-state index in [9.17, 15) is 0 Å². The summed E-state index contributed by atoms with van der Waals surface area (Å²) in [6.45, 7) is 15.1. The van der Waals surface area contributed by atoms with Gasteiger partial charge in [0.1, 0.15) is 0 Å². The molecule has 0 bridgehead atoms. The molecular formula is C20H33N. The summed E-state index contributed by atoms with van der Waals surface area (Å²) >= 11 is 0. The summed E-state index contributed by atoms with van der Waals surface area (Å²) in [5.74, 6) is 0.941. The normalized spacial score (nSPS) is 15.3. The van der Waals surface area contributed by atoms with Gasteiger partial charge in [-0.3, -0.25) is 0 Å². The highest BCUT2D eigenvalue weighted by Gasteiger charge is 2.19. The molecule has 0 spiro atoms. The van der Waals surface area contributed by atoms with E-state index in [1.807, 2.05) is 13.8 Å². The molecule has 0 saturated carbocycles. The summed E-state index contributed by atoms with van der Waals surface area (Å²) in [4.78, 5) is 2.47. The first-order chi connectivity index (χ1) is 10.2. The summed E-state index contributed by atoms with van der Waals surface area (Å²) in [6.07, 6.45) is 6.49. The first-order valence-corrected chi connectivity index (χ1v) is 8.77. The van der Waals surface area contributed by atoms with Crippen molar-refractivity contribution in [1.29, 1.82) is 0 Å². The van der Waals surface area contributed by atoms with Crippen molar-refractivity contribution in [2.75, 3.05) is 13.1 Å². The third kappa shape index (κ3) is 5.22. The first-order valence-electron chi connectivity index (χ1n) is 8.77. The van der Waals surface area contributed by atoms with Crippen LogP contribution >= 0.6 is 0 Å². The van der Waals surface area contributed by atoms with Crippen molar-refractivity contribution in [2.24, 2.45) is 5.92 Å². The topological polar surface area (TPSA) is 3.24 Å². The zero-order valence-electron chi connectivity index (χ0n) is 14.5. The van der Waals surface area contributed by atoms with Crippen LogP contribution in [0, 0.1) is 5.92 Å². The Balaban J connectivity index is 0.00000106. The molecule has 21 heavy (non-hydrogen) atoms. The summed E-state index contributed by atoms with van der Waals surface area (Å²) in [5, 5.41) is 0. The van der Waals surface area contributed by atoms with Crippen molar-refractivity contribution in [3.63, 3.8) is 0 Å². The van der Waals surface area contributed by atoms with Crippen LogP contribution < -0.4 is 0 Å². The maximum Gasteiger partial charge on any atom is 0.0366 e. The third-order valence-corrected chi connectivity index (χ3v) is 4.39. The van der Waals surface area contributed by atoms with E-state index in [4.69, 9.17) is 0 Å². The smallest absolute Gasteiger partial charge is 0.0366 e. The molecule has 0 aliphatic carbocycles. The summed E-state index contributed by atoms with van der Waals surface area (Å²) in [5.41, 5.74) is 3.89. The molecule has 1 fully saturated rings. The predicted octanol–water partition coefficient (Wildman–Crippen LogP) is 5.76. The van der Waals surface area contributed by atoms with E-state index in [0.29, 0.717) is 0 Å². The Labute approximate surface area is 132 Å². The number of nitrogens with zero attached hydrogens (tertiary/aromatic N) is 1. The second kappa shape index (κ2) is 9.65. The van der Waals surface area contributed by atoms with Crippen LogP contribution in [0.1, 0.15) is 64.5 Å². The average Bonchev–Trinajstić information content (AvgIpc) is 2.57. The molecule has 1 aliphatic rings. The summed E-state index contributed by atoms with van der Waals surface area (Å²) < 4.78 is 0. The monoisotopic (exact) mass is 287 g/mol. The zero-order chi connectivity index (χ0) is 15.7. The molecule has 1 heterocycles. The lowest BCUT2D eigenvalue weighted by Crippen LogP contribution is -2.32. The van der Waals surface area contributed by atoms with Crippen LogP contribution in [-0.2, 0) is 6.42 Å². The number of hydrogen-bond acceptors (Lipinski definition) is 1. The van der Waals surface area contributed by atoms with Gasteiger partial charge in [0.05, 0.1) is 0 Å². The Kier molecular flexibility index (Phi) is 8.19. The predicted molar refractivity (Wildman–Crippen MR) is 95.4 cm³/mol. The number of likely N-dealkylation sites (tertiary alicyclic amines) is 1. The summed E-state index contributed by atoms with van der Waals surface area (Å²) in [6, 6.07) is 8.90. The summed E-state index contributed by atoms with van der Waals surface area (Å²) in [7, 11) is 0. The minimum Gasteiger partial charge on any atom is -0.372 e. The van der Waals surface area contributed by atoms with Gasteiger partial charge in [0.2, 0.25) is 0 Å². The molecule has 1 saturated heterocycles. The number of rotatable bonds is 5. The van der Waals surface area contributed by atoms with E-state index in [1.54, 1.807) is 0 Å². The van der Waals surface area contributed by atoms with E-state index in [2.05, 4.69) is 49.6 Å². The molecule has 0 unspecified atom stereocenters. The molecule has 1 aromatic carbocycles. The van der Waals surface area contributed by atoms with Gasteiger partial charge in [-0.05, 0) is 36.3 Å². The van der Waals surface area contributed by atoms with Gasteiger partial charge in [-0.2, -0.15) is 0 Å². The molecule has 0 amide bonds. The second-order valence-corrected chi connectivity index (χ2v) is 5.72. The molecule has 0 atom stereocenters. The fraction of sp³-hybridized carbons (Fsp3) is 0.600. The van der Waals surface area contributed by atoms with Gasteiger partial charge in [-0.1, -0.05) is 71.4 Å². The van der Waals surface area contributed by atoms with Gasteiger partial charge in [-0.15, -0.1) is 0 Å². The van der Waals surface area contributed by atoms with Gasteiger partial charge in [0.25, 0.3) is 0 Å². The minimum atomic E-state index is 0.941. The van der Waals surface area contributed by atoms with Crippen molar-refractivity contribution in [1.82, 2.24) is 4.90 Å². The lowest BCUT2D eigenvalue weighted by molar-refractivity contribution is 0.245. The Hall–Kier alpha value is -1.24. The molecule has 0 aromatic heterocycles. The molecule has 1 aliphatic heterocycles. The largest absolute Gasteiger partial charge is 0.372 e. The van der Waals surface area contributed by atoms with Crippen LogP contribution in [0.5, 0.6) is 0 Å². The van der Waals surface area contributed by atoms with Gasteiger partial charge in [-0.25, -0.2) is 0 Å². The molecular weight excluding hydrogens is 254 g/mol. The fourth-order valence-electron chi connectivity index (χ4n) is 3.02. The fourth-order valence-corrected chi connectivity index (χ4v) is 3.02. The van der Waals surface area contributed by atoms with Crippen molar-refractivity contribution >= 4 is 5.70 Å². The highest BCUT2D eigenvalue weighted by Crippen LogP contribution is 2.27. The molecule has 1 nitrogen and oxygen atoms in total. The van der Waals surface area contributed by atoms with E-state index < -0.39 is 0 Å². The van der Waals surface area contributed by atoms with Gasteiger partial charge in [0.15, 0.2) is 0 Å². The van der Waals surface area contributed by atoms with Crippen LogP contribution in [0.4, 0.5) is 0 Å². The van der Waals surface area contributed by atoms with Gasteiger partial charge >= 0.3 is 0 Å². The molecule has 118 valence electrons. The minimum absolute atomic E-state index is 0.941. The molecule has 0 radical (unpaired) electrons. The van der Waals surface area contributed by atoms with Crippen LogP contribution in [0.25, 0.3) is 5.70 Å². The highest BCUT2D eigenvalue weighted by atomic mass is 15.1. The lowest BCUT2D eigenvalue weighted by Gasteiger charge is -2.35. The number of hydrogen-bond donors (Lipinski definition) is 0. The van der Waals surface area contributed by atoms with Crippen LogP contribution in [0.15, 0.2) is 30.8 Å². The van der Waals surface area contributed by atoms with E-state index in [0.717, 1.165) is 12.3 Å². The maximum atomic E-state index is 4.30. The van der Waals surface area contributed by atoms with Crippen LogP contribution in [-0.4, -0.2) is 18.0 Å². The Morgan fingerprint density at radius 1 is 1.10 bits per heavy atom. The zero-order valence-corrected chi connectivity index (χ0v) is 14.5. The van der Waals surface area contributed by atoms with Crippen molar-refractivity contribution in [3.05, 3.63) is 42.0 Å². The highest BCUT2D eigenvalue weighted by molar-refractivity contribution is 5.62. The molecule has 1 aromatic rings. The van der Waals surface area contributed by atoms with E-state index >= 15 is 0 Å². The average molecular weight is 287 g/mol. The van der Waals surface area contributed by atoms with Crippen molar-refractivity contribution in [3.8, 4) is 0 Å². The second-order valence-electron chi connectivity index (χ2n) is 5.72. The van der Waals surface area contributed by atoms with E-state index in [1.165, 1.54) is 55.6 Å². The molecule has 0 N–H and O–H groups in total.